The van der Waals surface area contributed by atoms with Crippen molar-refractivity contribution >= 4 is 28.1 Å². The summed E-state index contributed by atoms with van der Waals surface area (Å²) in [7, 11) is 1.60. The van der Waals surface area contributed by atoms with Crippen LogP contribution in [0.1, 0.15) is 29.3 Å². The molecule has 0 unspecified atom stereocenters. The lowest BCUT2D eigenvalue weighted by atomic mass is 10.2. The topological polar surface area (TPSA) is 59.9 Å². The van der Waals surface area contributed by atoms with E-state index >= 15 is 0 Å². The standard InChI is InChI=1S/C18H19BrN2O3/c1-3-10-24-15-7-5-14(6-8-15)18(22)21-20-12-13-4-9-17(23-2)16(19)11-13/h4-9,11-12H,3,10H2,1-2H3,(H,21,22)/b20-12+. The van der Waals surface area contributed by atoms with E-state index in [4.69, 9.17) is 9.47 Å². The maximum atomic E-state index is 12.0. The van der Waals surface area contributed by atoms with E-state index < -0.39 is 0 Å². The highest BCUT2D eigenvalue weighted by atomic mass is 79.9. The van der Waals surface area contributed by atoms with E-state index in [0.717, 1.165) is 28.0 Å². The van der Waals surface area contributed by atoms with Crippen molar-refractivity contribution in [1.29, 1.82) is 0 Å². The molecule has 0 aliphatic carbocycles. The zero-order chi connectivity index (χ0) is 17.4. The molecule has 24 heavy (non-hydrogen) atoms. The van der Waals surface area contributed by atoms with Gasteiger partial charge in [-0.05, 0) is 70.4 Å². The molecule has 0 bridgehead atoms. The fraction of sp³-hybridized carbons (Fsp3) is 0.222. The SMILES string of the molecule is CCCOc1ccc(C(=O)N/N=C/c2ccc(OC)c(Br)c2)cc1. The Labute approximate surface area is 149 Å². The van der Waals surface area contributed by atoms with Gasteiger partial charge in [0, 0.05) is 5.56 Å². The molecule has 1 N–H and O–H groups in total. The maximum absolute atomic E-state index is 12.0. The van der Waals surface area contributed by atoms with Crippen molar-refractivity contribution in [2.24, 2.45) is 5.10 Å². The Hall–Kier alpha value is -2.34. The first kappa shape index (κ1) is 18.0. The van der Waals surface area contributed by atoms with Gasteiger partial charge in [-0.3, -0.25) is 4.79 Å². The quantitative estimate of drug-likeness (QED) is 0.573. The number of methoxy groups -OCH3 is 1. The number of carbonyl (C=O) groups is 1. The average Bonchev–Trinajstić information content (AvgIpc) is 2.60. The highest BCUT2D eigenvalue weighted by Crippen LogP contribution is 2.24. The summed E-state index contributed by atoms with van der Waals surface area (Å²) in [6, 6.07) is 12.5. The molecule has 6 heteroatoms. The maximum Gasteiger partial charge on any atom is 0.271 e. The Morgan fingerprint density at radius 3 is 2.62 bits per heavy atom. The van der Waals surface area contributed by atoms with Gasteiger partial charge < -0.3 is 9.47 Å². The van der Waals surface area contributed by atoms with Crippen LogP contribution >= 0.6 is 15.9 Å². The number of halogens is 1. The first-order valence-corrected chi connectivity index (χ1v) is 8.33. The summed E-state index contributed by atoms with van der Waals surface area (Å²) in [5, 5.41) is 3.97. The Bertz CT molecular complexity index is 715. The van der Waals surface area contributed by atoms with Crippen molar-refractivity contribution < 1.29 is 14.3 Å². The molecule has 2 rings (SSSR count). The van der Waals surface area contributed by atoms with Gasteiger partial charge in [-0.1, -0.05) is 6.92 Å². The third-order valence-electron chi connectivity index (χ3n) is 3.14. The van der Waals surface area contributed by atoms with E-state index in [1.165, 1.54) is 0 Å². The number of hydrogen-bond acceptors (Lipinski definition) is 4. The zero-order valence-corrected chi connectivity index (χ0v) is 15.2. The predicted molar refractivity (Wildman–Crippen MR) is 98.0 cm³/mol. The molecule has 2 aromatic rings. The normalized spacial score (nSPS) is 10.6. The highest BCUT2D eigenvalue weighted by molar-refractivity contribution is 9.10. The number of carbonyl (C=O) groups excluding carboxylic acids is 1. The van der Waals surface area contributed by atoms with Crippen LogP contribution in [0.3, 0.4) is 0 Å². The summed E-state index contributed by atoms with van der Waals surface area (Å²) in [4.78, 5) is 12.0. The van der Waals surface area contributed by atoms with Gasteiger partial charge in [0.1, 0.15) is 11.5 Å². The molecule has 0 aliphatic rings. The van der Waals surface area contributed by atoms with Crippen molar-refractivity contribution in [3.8, 4) is 11.5 Å². The lowest BCUT2D eigenvalue weighted by Gasteiger charge is -2.05. The Morgan fingerprint density at radius 2 is 2.00 bits per heavy atom. The summed E-state index contributed by atoms with van der Waals surface area (Å²) < 4.78 is 11.5. The molecule has 2 aromatic carbocycles. The second-order valence-corrected chi connectivity index (χ2v) is 5.82. The third kappa shape index (κ3) is 5.09. The Kier molecular flexibility index (Phi) is 6.81. The van der Waals surface area contributed by atoms with Crippen LogP contribution in [0.15, 0.2) is 52.0 Å². The average molecular weight is 391 g/mol. The van der Waals surface area contributed by atoms with Crippen LogP contribution in [-0.4, -0.2) is 25.8 Å². The van der Waals surface area contributed by atoms with Crippen LogP contribution in [0.25, 0.3) is 0 Å². The molecule has 0 fully saturated rings. The second kappa shape index (κ2) is 9.08. The molecular formula is C18H19BrN2O3. The molecule has 126 valence electrons. The fourth-order valence-corrected chi connectivity index (χ4v) is 2.47. The monoisotopic (exact) mass is 390 g/mol. The van der Waals surface area contributed by atoms with Gasteiger partial charge in [-0.15, -0.1) is 0 Å². The van der Waals surface area contributed by atoms with Crippen LogP contribution in [0, 0.1) is 0 Å². The number of nitrogens with zero attached hydrogens (tertiary/aromatic N) is 1. The Morgan fingerprint density at radius 1 is 1.25 bits per heavy atom. The van der Waals surface area contributed by atoms with Gasteiger partial charge in [0.2, 0.25) is 0 Å². The lowest BCUT2D eigenvalue weighted by Crippen LogP contribution is -2.17. The summed E-state index contributed by atoms with van der Waals surface area (Å²) in [5.41, 5.74) is 3.86. The van der Waals surface area contributed by atoms with Crippen molar-refractivity contribution in [3.63, 3.8) is 0 Å². The first-order valence-electron chi connectivity index (χ1n) is 7.54. The molecule has 5 nitrogen and oxygen atoms in total. The summed E-state index contributed by atoms with van der Waals surface area (Å²) in [6.07, 6.45) is 2.51. The van der Waals surface area contributed by atoms with Gasteiger partial charge in [-0.2, -0.15) is 5.10 Å². The van der Waals surface area contributed by atoms with Gasteiger partial charge in [0.25, 0.3) is 5.91 Å². The molecule has 0 aromatic heterocycles. The first-order chi connectivity index (χ1) is 11.6. The van der Waals surface area contributed by atoms with E-state index in [1.54, 1.807) is 37.6 Å². The zero-order valence-electron chi connectivity index (χ0n) is 13.6. The van der Waals surface area contributed by atoms with E-state index in [0.29, 0.717) is 12.2 Å². The highest BCUT2D eigenvalue weighted by Gasteiger charge is 2.04. The van der Waals surface area contributed by atoms with Gasteiger partial charge in [0.15, 0.2) is 0 Å². The predicted octanol–water partition coefficient (Wildman–Crippen LogP) is 4.01. The minimum Gasteiger partial charge on any atom is -0.496 e. The van der Waals surface area contributed by atoms with Gasteiger partial charge >= 0.3 is 0 Å². The lowest BCUT2D eigenvalue weighted by molar-refractivity contribution is 0.0955. The van der Waals surface area contributed by atoms with E-state index in [-0.39, 0.29) is 5.91 Å². The largest absolute Gasteiger partial charge is 0.496 e. The molecule has 0 saturated heterocycles. The summed E-state index contributed by atoms with van der Waals surface area (Å²) >= 11 is 3.40. The molecule has 0 atom stereocenters. The van der Waals surface area contributed by atoms with Gasteiger partial charge in [0.05, 0.1) is 24.4 Å². The third-order valence-corrected chi connectivity index (χ3v) is 3.76. The van der Waals surface area contributed by atoms with E-state index in [9.17, 15) is 4.79 Å². The fourth-order valence-electron chi connectivity index (χ4n) is 1.92. The molecule has 0 saturated carbocycles. The van der Waals surface area contributed by atoms with Crippen LogP contribution < -0.4 is 14.9 Å². The molecule has 0 radical (unpaired) electrons. The number of hydrazone groups is 1. The van der Waals surface area contributed by atoms with Crippen LogP contribution in [0.5, 0.6) is 11.5 Å². The van der Waals surface area contributed by atoms with E-state index in [1.807, 2.05) is 25.1 Å². The number of rotatable bonds is 7. The van der Waals surface area contributed by atoms with Crippen LogP contribution in [0.4, 0.5) is 0 Å². The van der Waals surface area contributed by atoms with Crippen LogP contribution in [-0.2, 0) is 0 Å². The van der Waals surface area contributed by atoms with Gasteiger partial charge in [-0.25, -0.2) is 5.43 Å². The van der Waals surface area contributed by atoms with Crippen molar-refractivity contribution in [1.82, 2.24) is 5.43 Å². The molecule has 0 aliphatic heterocycles. The van der Waals surface area contributed by atoms with Crippen LogP contribution in [0.2, 0.25) is 0 Å². The summed E-state index contributed by atoms with van der Waals surface area (Å²) in [5.74, 6) is 1.21. The number of ether oxygens (including phenoxy) is 2. The van der Waals surface area contributed by atoms with Crippen molar-refractivity contribution in [3.05, 3.63) is 58.1 Å². The second-order valence-electron chi connectivity index (χ2n) is 4.97. The Balaban J connectivity index is 1.93. The van der Waals surface area contributed by atoms with E-state index in [2.05, 4.69) is 26.5 Å². The number of amides is 1. The number of nitrogens with one attached hydrogen (secondary N) is 1. The molecule has 1 amide bonds. The number of hydrogen-bond donors (Lipinski definition) is 1. The minimum atomic E-state index is -0.277. The number of benzene rings is 2. The smallest absolute Gasteiger partial charge is 0.271 e. The van der Waals surface area contributed by atoms with Crippen molar-refractivity contribution in [2.45, 2.75) is 13.3 Å². The summed E-state index contributed by atoms with van der Waals surface area (Å²) in [6.45, 7) is 2.70. The molecule has 0 spiro atoms. The van der Waals surface area contributed by atoms with Crippen molar-refractivity contribution in [2.75, 3.05) is 13.7 Å². The molecule has 0 heterocycles. The molecular weight excluding hydrogens is 372 g/mol. The minimum absolute atomic E-state index is 0.277.